The summed E-state index contributed by atoms with van der Waals surface area (Å²) in [4.78, 5) is 9.73. The van der Waals surface area contributed by atoms with Crippen LogP contribution in [0.4, 0.5) is 0 Å². The highest BCUT2D eigenvalue weighted by Crippen LogP contribution is 2.29. The number of rotatable bonds is 4. The van der Waals surface area contributed by atoms with E-state index in [1.54, 1.807) is 18.0 Å². The van der Waals surface area contributed by atoms with Gasteiger partial charge >= 0.3 is 0 Å². The lowest BCUT2D eigenvalue weighted by Gasteiger charge is -2.06. The molecule has 0 aliphatic rings. The predicted molar refractivity (Wildman–Crippen MR) is 77.8 cm³/mol. The summed E-state index contributed by atoms with van der Waals surface area (Å²) in [6, 6.07) is 8.15. The SMILES string of the molecule is Cc1ccnc(Sc2ccc(CCN)c(Br)c2)n1. The first-order chi connectivity index (χ1) is 8.69. The van der Waals surface area contributed by atoms with Crippen molar-refractivity contribution in [1.82, 2.24) is 9.97 Å². The van der Waals surface area contributed by atoms with Gasteiger partial charge in [0.1, 0.15) is 0 Å². The van der Waals surface area contributed by atoms with Gasteiger partial charge in [0.15, 0.2) is 5.16 Å². The molecule has 0 fully saturated rings. The second kappa shape index (κ2) is 6.31. The van der Waals surface area contributed by atoms with Crippen molar-refractivity contribution in [3.05, 3.63) is 46.2 Å². The van der Waals surface area contributed by atoms with E-state index in [-0.39, 0.29) is 0 Å². The Morgan fingerprint density at radius 1 is 1.33 bits per heavy atom. The smallest absolute Gasteiger partial charge is 0.192 e. The molecule has 2 aromatic rings. The summed E-state index contributed by atoms with van der Waals surface area (Å²) in [5, 5.41) is 0.772. The van der Waals surface area contributed by atoms with Gasteiger partial charge in [0.2, 0.25) is 0 Å². The lowest BCUT2D eigenvalue weighted by atomic mass is 10.1. The summed E-state index contributed by atoms with van der Waals surface area (Å²) in [5.74, 6) is 0. The summed E-state index contributed by atoms with van der Waals surface area (Å²) in [5.41, 5.74) is 7.77. The van der Waals surface area contributed by atoms with Crippen LogP contribution in [0.15, 0.2) is 45.0 Å². The molecule has 2 rings (SSSR count). The summed E-state index contributed by atoms with van der Waals surface area (Å²) < 4.78 is 1.09. The van der Waals surface area contributed by atoms with Gasteiger partial charge in [0, 0.05) is 21.3 Å². The Bertz CT molecular complexity index is 546. The van der Waals surface area contributed by atoms with E-state index in [9.17, 15) is 0 Å². The lowest BCUT2D eigenvalue weighted by Crippen LogP contribution is -2.03. The Kier molecular flexibility index (Phi) is 4.74. The summed E-state index contributed by atoms with van der Waals surface area (Å²) in [6.07, 6.45) is 2.66. The van der Waals surface area contributed by atoms with Gasteiger partial charge < -0.3 is 5.73 Å². The van der Waals surface area contributed by atoms with Gasteiger partial charge in [-0.25, -0.2) is 9.97 Å². The fourth-order valence-electron chi connectivity index (χ4n) is 1.53. The maximum absolute atomic E-state index is 5.56. The van der Waals surface area contributed by atoms with Gasteiger partial charge in [-0.15, -0.1) is 0 Å². The van der Waals surface area contributed by atoms with Crippen LogP contribution >= 0.6 is 27.7 Å². The molecule has 0 aliphatic carbocycles. The van der Waals surface area contributed by atoms with E-state index in [0.717, 1.165) is 26.6 Å². The lowest BCUT2D eigenvalue weighted by molar-refractivity contribution is 0.931. The first-order valence-electron chi connectivity index (χ1n) is 5.65. The van der Waals surface area contributed by atoms with Crippen molar-refractivity contribution in [2.45, 2.75) is 23.4 Å². The number of nitrogens with zero attached hydrogens (tertiary/aromatic N) is 2. The molecule has 0 aliphatic heterocycles. The topological polar surface area (TPSA) is 51.8 Å². The molecule has 2 N–H and O–H groups in total. The maximum atomic E-state index is 5.56. The molecule has 1 aromatic carbocycles. The normalized spacial score (nSPS) is 10.6. The zero-order valence-electron chi connectivity index (χ0n) is 10.1. The van der Waals surface area contributed by atoms with Gasteiger partial charge in [-0.05, 0) is 55.4 Å². The molecular weight excluding hydrogens is 310 g/mol. The molecule has 18 heavy (non-hydrogen) atoms. The van der Waals surface area contributed by atoms with Crippen LogP contribution in [0.5, 0.6) is 0 Å². The third kappa shape index (κ3) is 3.54. The molecule has 0 unspecified atom stereocenters. The monoisotopic (exact) mass is 323 g/mol. The molecule has 1 aromatic heterocycles. The molecular formula is C13H14BrN3S. The fraction of sp³-hybridized carbons (Fsp3) is 0.231. The first-order valence-corrected chi connectivity index (χ1v) is 7.26. The van der Waals surface area contributed by atoms with Crippen molar-refractivity contribution in [2.75, 3.05) is 6.54 Å². The van der Waals surface area contributed by atoms with Crippen LogP contribution in [0, 0.1) is 6.92 Å². The molecule has 0 spiro atoms. The minimum absolute atomic E-state index is 0.659. The Morgan fingerprint density at radius 2 is 2.17 bits per heavy atom. The van der Waals surface area contributed by atoms with Crippen molar-refractivity contribution < 1.29 is 0 Å². The highest BCUT2D eigenvalue weighted by Gasteiger charge is 2.04. The van der Waals surface area contributed by atoms with Crippen LogP contribution in [0.3, 0.4) is 0 Å². The highest BCUT2D eigenvalue weighted by atomic mass is 79.9. The van der Waals surface area contributed by atoms with Gasteiger partial charge in [-0.2, -0.15) is 0 Å². The molecule has 0 atom stereocenters. The number of benzene rings is 1. The molecule has 0 saturated carbocycles. The molecule has 0 amide bonds. The van der Waals surface area contributed by atoms with Gasteiger partial charge in [-0.3, -0.25) is 0 Å². The van der Waals surface area contributed by atoms with Crippen LogP contribution in [-0.2, 0) is 6.42 Å². The molecule has 0 radical (unpaired) electrons. The highest BCUT2D eigenvalue weighted by molar-refractivity contribution is 9.10. The Balaban J connectivity index is 2.17. The number of nitrogens with two attached hydrogens (primary N) is 1. The van der Waals surface area contributed by atoms with Crippen LogP contribution in [-0.4, -0.2) is 16.5 Å². The average molecular weight is 324 g/mol. The maximum Gasteiger partial charge on any atom is 0.192 e. The van der Waals surface area contributed by atoms with Crippen LogP contribution in [0.2, 0.25) is 0 Å². The summed E-state index contributed by atoms with van der Waals surface area (Å²) in [6.45, 7) is 2.62. The first kappa shape index (κ1) is 13.5. The van der Waals surface area contributed by atoms with E-state index in [2.05, 4.69) is 44.1 Å². The zero-order chi connectivity index (χ0) is 13.0. The predicted octanol–water partition coefficient (Wildman–Crippen LogP) is 3.20. The second-order valence-electron chi connectivity index (χ2n) is 3.87. The number of halogens is 1. The summed E-state index contributed by atoms with van der Waals surface area (Å²) in [7, 11) is 0. The average Bonchev–Trinajstić information content (AvgIpc) is 2.33. The zero-order valence-corrected chi connectivity index (χ0v) is 12.5. The van der Waals surface area contributed by atoms with E-state index >= 15 is 0 Å². The quantitative estimate of drug-likeness (QED) is 0.878. The Hall–Kier alpha value is -0.910. The number of aryl methyl sites for hydroxylation is 1. The molecule has 0 bridgehead atoms. The second-order valence-corrected chi connectivity index (χ2v) is 5.77. The summed E-state index contributed by atoms with van der Waals surface area (Å²) >= 11 is 5.13. The number of aromatic nitrogens is 2. The third-order valence-electron chi connectivity index (χ3n) is 2.42. The standard InChI is InChI=1S/C13H14BrN3S/c1-9-5-7-16-13(17-9)18-11-3-2-10(4-6-15)12(14)8-11/h2-3,5,7-8H,4,6,15H2,1H3. The number of hydrogen-bond donors (Lipinski definition) is 1. The van der Waals surface area contributed by atoms with Crippen molar-refractivity contribution in [3.8, 4) is 0 Å². The molecule has 1 heterocycles. The number of hydrogen-bond acceptors (Lipinski definition) is 4. The van der Waals surface area contributed by atoms with E-state index in [0.29, 0.717) is 6.54 Å². The van der Waals surface area contributed by atoms with E-state index in [1.165, 1.54) is 5.56 Å². The van der Waals surface area contributed by atoms with Gasteiger partial charge in [-0.1, -0.05) is 22.0 Å². The van der Waals surface area contributed by atoms with Gasteiger partial charge in [0.25, 0.3) is 0 Å². The minimum atomic E-state index is 0.659. The third-order valence-corrected chi connectivity index (χ3v) is 4.03. The molecule has 94 valence electrons. The van der Waals surface area contributed by atoms with Crippen molar-refractivity contribution >= 4 is 27.7 Å². The van der Waals surface area contributed by atoms with Gasteiger partial charge in [0.05, 0.1) is 0 Å². The van der Waals surface area contributed by atoms with Crippen molar-refractivity contribution in [2.24, 2.45) is 5.73 Å². The van der Waals surface area contributed by atoms with Crippen LogP contribution in [0.1, 0.15) is 11.3 Å². The Morgan fingerprint density at radius 3 is 2.83 bits per heavy atom. The van der Waals surface area contributed by atoms with E-state index in [1.807, 2.05) is 13.0 Å². The van der Waals surface area contributed by atoms with E-state index < -0.39 is 0 Å². The fourth-order valence-corrected chi connectivity index (χ4v) is 3.09. The molecule has 5 heteroatoms. The van der Waals surface area contributed by atoms with E-state index in [4.69, 9.17) is 5.73 Å². The van der Waals surface area contributed by atoms with Crippen molar-refractivity contribution in [3.63, 3.8) is 0 Å². The van der Waals surface area contributed by atoms with Crippen molar-refractivity contribution in [1.29, 1.82) is 0 Å². The molecule has 3 nitrogen and oxygen atoms in total. The Labute approximate surface area is 119 Å². The molecule has 0 saturated heterocycles. The minimum Gasteiger partial charge on any atom is -0.330 e. The largest absolute Gasteiger partial charge is 0.330 e. The van der Waals surface area contributed by atoms with Crippen LogP contribution < -0.4 is 5.73 Å². The van der Waals surface area contributed by atoms with Crippen LogP contribution in [0.25, 0.3) is 0 Å².